The van der Waals surface area contributed by atoms with E-state index in [1.807, 2.05) is 0 Å². The smallest absolute Gasteiger partial charge is 0.546 e. The summed E-state index contributed by atoms with van der Waals surface area (Å²) in [6.07, 6.45) is 0. The molecule has 1 rings (SSSR count). The molecule has 0 aliphatic heterocycles. The van der Waals surface area contributed by atoms with E-state index < -0.39 is 22.9 Å². The molecule has 1 aromatic carbocycles. The quantitative estimate of drug-likeness (QED) is 0.549. The van der Waals surface area contributed by atoms with Crippen molar-refractivity contribution >= 4 is 46.7 Å². The Morgan fingerprint density at radius 2 is 1.86 bits per heavy atom. The number of carboxylic acid groups (broad SMARTS) is 2. The summed E-state index contributed by atoms with van der Waals surface area (Å²) in [5.41, 5.74) is 0.800. The molecule has 112 valence electrons. The van der Waals surface area contributed by atoms with Crippen molar-refractivity contribution in [2.75, 3.05) is 6.61 Å². The fraction of sp³-hybridized carbons (Fsp3) is 0.333. The van der Waals surface area contributed by atoms with Crippen LogP contribution in [0.15, 0.2) is 18.2 Å². The van der Waals surface area contributed by atoms with Crippen LogP contribution < -0.4 is 39.4 Å². The van der Waals surface area contributed by atoms with Crippen molar-refractivity contribution in [1.82, 2.24) is 0 Å². The molecule has 0 aromatic heterocycles. The number of hydrogen-bond donors (Lipinski definition) is 1. The number of carbonyl (C=O) groups is 2. The first kappa shape index (κ1) is 23.1. The van der Waals surface area contributed by atoms with Gasteiger partial charge in [-0.15, -0.1) is 0 Å². The molecule has 0 saturated heterocycles. The molecule has 0 heterocycles. The van der Waals surface area contributed by atoms with E-state index in [2.05, 4.69) is 0 Å². The maximum Gasteiger partial charge on any atom is 1.00 e. The van der Waals surface area contributed by atoms with Crippen molar-refractivity contribution in [1.29, 1.82) is 0 Å². The molecular formula is C12H12Cl3NaO5. The van der Waals surface area contributed by atoms with Gasteiger partial charge in [0.15, 0.2) is 0 Å². The Morgan fingerprint density at radius 1 is 1.38 bits per heavy atom. The number of alkyl halides is 2. The summed E-state index contributed by atoms with van der Waals surface area (Å²) in [6.45, 7) is 2.54. The van der Waals surface area contributed by atoms with Crippen LogP contribution in [0.1, 0.15) is 12.5 Å². The number of aliphatic carboxylic acids is 2. The van der Waals surface area contributed by atoms with Crippen molar-refractivity contribution in [3.8, 4) is 5.75 Å². The fourth-order valence-electron chi connectivity index (χ4n) is 0.911. The summed E-state index contributed by atoms with van der Waals surface area (Å²) in [4.78, 5) is 19.8. The Morgan fingerprint density at radius 3 is 2.19 bits per heavy atom. The van der Waals surface area contributed by atoms with E-state index >= 15 is 0 Å². The summed E-state index contributed by atoms with van der Waals surface area (Å²) in [6, 6.07) is 4.96. The molecule has 1 aromatic rings. The second kappa shape index (κ2) is 10.5. The summed E-state index contributed by atoms with van der Waals surface area (Å²) in [5.74, 6) is -1.96. The molecule has 0 radical (unpaired) electrons. The van der Waals surface area contributed by atoms with Crippen molar-refractivity contribution in [3.05, 3.63) is 28.8 Å². The van der Waals surface area contributed by atoms with Crippen LogP contribution in [0, 0.1) is 6.92 Å². The second-order valence-electron chi connectivity index (χ2n) is 3.76. The standard InChI is InChI=1S/C9H9ClO3.C3H4Cl2O2.Na/c1-6-4-7(10)2-3-8(6)13-5-9(11)12;1-3(4,5)2(6)7;/h2-4H,5H2,1H3,(H,11,12);1H3,(H,6,7);/q;;+1/p-1. The third-order valence-electron chi connectivity index (χ3n) is 1.86. The van der Waals surface area contributed by atoms with Crippen molar-refractivity contribution in [3.63, 3.8) is 0 Å². The number of benzene rings is 1. The number of halogens is 3. The van der Waals surface area contributed by atoms with Gasteiger partial charge in [0, 0.05) is 5.02 Å². The van der Waals surface area contributed by atoms with E-state index in [0.717, 1.165) is 5.56 Å². The molecule has 5 nitrogen and oxygen atoms in total. The molecule has 0 spiro atoms. The van der Waals surface area contributed by atoms with Gasteiger partial charge < -0.3 is 19.7 Å². The molecular weight excluding hydrogens is 353 g/mol. The van der Waals surface area contributed by atoms with Gasteiger partial charge >= 0.3 is 35.5 Å². The van der Waals surface area contributed by atoms with Gasteiger partial charge in [-0.1, -0.05) is 34.8 Å². The van der Waals surface area contributed by atoms with E-state index in [1.54, 1.807) is 25.1 Å². The SMILES string of the molecule is CC(Cl)(Cl)C(=O)O.Cc1cc(Cl)ccc1OCC(=O)[O-].[Na+]. The van der Waals surface area contributed by atoms with Crippen LogP contribution >= 0.6 is 34.8 Å². The fourth-order valence-corrected chi connectivity index (χ4v) is 1.14. The monoisotopic (exact) mass is 364 g/mol. The molecule has 0 atom stereocenters. The number of carbonyl (C=O) groups excluding carboxylic acids is 1. The first-order valence-corrected chi connectivity index (χ1v) is 6.37. The molecule has 0 bridgehead atoms. The van der Waals surface area contributed by atoms with E-state index in [1.165, 1.54) is 6.92 Å². The normalized spacial score (nSPS) is 9.76. The largest absolute Gasteiger partial charge is 1.00 e. The Bertz CT molecular complexity index is 488. The van der Waals surface area contributed by atoms with Crippen molar-refractivity contribution < 1.29 is 54.1 Å². The zero-order valence-electron chi connectivity index (χ0n) is 11.7. The molecule has 0 aliphatic carbocycles. The van der Waals surface area contributed by atoms with Gasteiger partial charge in [-0.3, -0.25) is 0 Å². The van der Waals surface area contributed by atoms with Gasteiger partial charge in [-0.2, -0.15) is 0 Å². The van der Waals surface area contributed by atoms with E-state index in [9.17, 15) is 14.7 Å². The van der Waals surface area contributed by atoms with Crippen LogP contribution in [-0.4, -0.2) is 28.0 Å². The van der Waals surface area contributed by atoms with Crippen LogP contribution in [0.25, 0.3) is 0 Å². The number of hydrogen-bond acceptors (Lipinski definition) is 4. The van der Waals surface area contributed by atoms with E-state index in [-0.39, 0.29) is 29.6 Å². The van der Waals surface area contributed by atoms with Crippen LogP contribution in [0.2, 0.25) is 5.02 Å². The zero-order chi connectivity index (χ0) is 15.9. The maximum absolute atomic E-state index is 10.1. The molecule has 9 heteroatoms. The summed E-state index contributed by atoms with van der Waals surface area (Å²) < 4.78 is 3.29. The van der Waals surface area contributed by atoms with Crippen LogP contribution in [0.4, 0.5) is 0 Å². The van der Waals surface area contributed by atoms with Crippen LogP contribution in [0.3, 0.4) is 0 Å². The molecule has 0 amide bonds. The van der Waals surface area contributed by atoms with Crippen LogP contribution in [0.5, 0.6) is 5.75 Å². The molecule has 1 N–H and O–H groups in total. The van der Waals surface area contributed by atoms with Gasteiger partial charge in [0.2, 0.25) is 4.33 Å². The molecule has 0 fully saturated rings. The molecule has 0 unspecified atom stereocenters. The van der Waals surface area contributed by atoms with Gasteiger partial charge in [-0.25, -0.2) is 4.79 Å². The molecule has 0 aliphatic rings. The third-order valence-corrected chi connectivity index (χ3v) is 2.42. The minimum Gasteiger partial charge on any atom is -0.546 e. The van der Waals surface area contributed by atoms with Crippen molar-refractivity contribution in [2.24, 2.45) is 0 Å². The second-order valence-corrected chi connectivity index (χ2v) is 5.91. The van der Waals surface area contributed by atoms with Gasteiger partial charge in [-0.05, 0) is 37.6 Å². The van der Waals surface area contributed by atoms with Crippen LogP contribution in [-0.2, 0) is 9.59 Å². The van der Waals surface area contributed by atoms with E-state index in [4.69, 9.17) is 44.6 Å². The average Bonchev–Trinajstić information content (AvgIpc) is 2.27. The predicted octanol–water partition coefficient (Wildman–Crippen LogP) is -0.954. The Kier molecular flexibility index (Phi) is 11.6. The molecule has 21 heavy (non-hydrogen) atoms. The summed E-state index contributed by atoms with van der Waals surface area (Å²) in [5, 5.41) is 18.7. The molecule has 0 saturated carbocycles. The Balaban J connectivity index is 0. The van der Waals surface area contributed by atoms with Gasteiger partial charge in [0.1, 0.15) is 12.4 Å². The minimum absolute atomic E-state index is 0. The zero-order valence-corrected chi connectivity index (χ0v) is 15.9. The van der Waals surface area contributed by atoms with E-state index in [0.29, 0.717) is 10.8 Å². The van der Waals surface area contributed by atoms with Gasteiger partial charge in [0.25, 0.3) is 0 Å². The third kappa shape index (κ3) is 11.1. The average molecular weight is 366 g/mol. The number of rotatable bonds is 4. The maximum atomic E-state index is 10.1. The Hall–Kier alpha value is -0.170. The first-order valence-electron chi connectivity index (χ1n) is 5.24. The number of aryl methyl sites for hydroxylation is 1. The minimum atomic E-state index is -1.64. The topological polar surface area (TPSA) is 86.7 Å². The number of ether oxygens (including phenoxy) is 1. The number of carboxylic acids is 2. The van der Waals surface area contributed by atoms with Crippen molar-refractivity contribution in [2.45, 2.75) is 18.2 Å². The van der Waals surface area contributed by atoms with Gasteiger partial charge in [0.05, 0.1) is 5.97 Å². The Labute approximate surface area is 159 Å². The predicted molar refractivity (Wildman–Crippen MR) is 74.4 cm³/mol. The summed E-state index contributed by atoms with van der Waals surface area (Å²) >= 11 is 15.8. The summed E-state index contributed by atoms with van der Waals surface area (Å²) in [7, 11) is 0. The first-order chi connectivity index (χ1) is 9.04.